The van der Waals surface area contributed by atoms with Gasteiger partial charge in [-0.05, 0) is 30.9 Å². The van der Waals surface area contributed by atoms with E-state index in [-0.39, 0.29) is 0 Å². The highest BCUT2D eigenvalue weighted by Crippen LogP contribution is 2.20. The molecule has 0 saturated carbocycles. The van der Waals surface area contributed by atoms with Gasteiger partial charge in [-0.25, -0.2) is 0 Å². The van der Waals surface area contributed by atoms with Crippen LogP contribution in [0, 0.1) is 0 Å². The van der Waals surface area contributed by atoms with E-state index in [2.05, 4.69) is 31.0 Å². The number of H-pyrrole nitrogens is 1. The molecule has 0 saturated heterocycles. The first-order chi connectivity index (χ1) is 6.20. The Labute approximate surface area is 79.7 Å². The van der Waals surface area contributed by atoms with E-state index in [0.717, 1.165) is 12.8 Å². The molecule has 0 radical (unpaired) electrons. The average molecular weight is 181 g/mol. The molecule has 0 spiro atoms. The molecule has 1 aromatic rings. The van der Waals surface area contributed by atoms with Crippen molar-refractivity contribution in [2.45, 2.75) is 39.5 Å². The zero-order valence-corrected chi connectivity index (χ0v) is 8.72. The molecule has 3 heteroatoms. The highest BCUT2D eigenvalue weighted by atomic mass is 15.1. The van der Waals surface area contributed by atoms with E-state index < -0.39 is 0 Å². The van der Waals surface area contributed by atoms with E-state index in [1.807, 2.05) is 0 Å². The van der Waals surface area contributed by atoms with Crippen LogP contribution >= 0.6 is 0 Å². The van der Waals surface area contributed by atoms with Crippen LogP contribution < -0.4 is 5.73 Å². The average Bonchev–Trinajstić information content (AvgIpc) is 2.48. The summed E-state index contributed by atoms with van der Waals surface area (Å²) in [6.45, 7) is 7.16. The number of aromatic nitrogens is 2. The third-order valence-corrected chi connectivity index (χ3v) is 2.28. The summed E-state index contributed by atoms with van der Waals surface area (Å²) in [6, 6.07) is 0. The number of nitrogens with one attached hydrogen (secondary N) is 1. The zero-order valence-electron chi connectivity index (χ0n) is 8.72. The molecule has 1 rings (SSSR count). The molecule has 13 heavy (non-hydrogen) atoms. The number of aromatic amines is 1. The maximum atomic E-state index is 5.57. The molecule has 0 bridgehead atoms. The van der Waals surface area contributed by atoms with Crippen LogP contribution in [0.25, 0.3) is 0 Å². The van der Waals surface area contributed by atoms with E-state index in [4.69, 9.17) is 5.73 Å². The summed E-state index contributed by atoms with van der Waals surface area (Å²) in [5, 5.41) is 7.41. The molecule has 0 aromatic carbocycles. The minimum atomic E-state index is 0.484. The van der Waals surface area contributed by atoms with Crippen LogP contribution in [-0.4, -0.2) is 16.7 Å². The van der Waals surface area contributed by atoms with Gasteiger partial charge in [-0.15, -0.1) is 0 Å². The van der Waals surface area contributed by atoms with Crippen LogP contribution in [0.4, 0.5) is 0 Å². The number of hydrogen-bond donors (Lipinski definition) is 2. The van der Waals surface area contributed by atoms with E-state index in [1.165, 1.54) is 17.0 Å². The van der Waals surface area contributed by atoms with Crippen molar-refractivity contribution < 1.29 is 0 Å². The Morgan fingerprint density at radius 2 is 2.15 bits per heavy atom. The lowest BCUT2D eigenvalue weighted by Gasteiger charge is -2.05. The minimum Gasteiger partial charge on any atom is -0.330 e. The van der Waals surface area contributed by atoms with Gasteiger partial charge in [0, 0.05) is 5.69 Å². The normalized spacial score (nSPS) is 11.2. The molecular weight excluding hydrogens is 162 g/mol. The number of aryl methyl sites for hydroxylation is 1. The highest BCUT2D eigenvalue weighted by molar-refractivity contribution is 5.28. The van der Waals surface area contributed by atoms with Crippen LogP contribution in [0.2, 0.25) is 0 Å². The van der Waals surface area contributed by atoms with Gasteiger partial charge in [0.2, 0.25) is 0 Å². The van der Waals surface area contributed by atoms with E-state index in [9.17, 15) is 0 Å². The largest absolute Gasteiger partial charge is 0.330 e. The van der Waals surface area contributed by atoms with Crippen LogP contribution in [0.15, 0.2) is 0 Å². The lowest BCUT2D eigenvalue weighted by atomic mass is 10.0. The number of nitrogens with two attached hydrogens (primary N) is 1. The second-order valence-electron chi connectivity index (χ2n) is 3.61. The van der Waals surface area contributed by atoms with Gasteiger partial charge in [-0.2, -0.15) is 5.10 Å². The first-order valence-corrected chi connectivity index (χ1v) is 4.96. The molecule has 74 valence electrons. The minimum absolute atomic E-state index is 0.484. The number of rotatable bonds is 4. The monoisotopic (exact) mass is 181 g/mol. The van der Waals surface area contributed by atoms with E-state index in [1.54, 1.807) is 0 Å². The maximum Gasteiger partial charge on any atom is 0.0682 e. The Morgan fingerprint density at radius 3 is 2.62 bits per heavy atom. The van der Waals surface area contributed by atoms with Gasteiger partial charge in [0.05, 0.1) is 5.69 Å². The van der Waals surface area contributed by atoms with Gasteiger partial charge < -0.3 is 5.73 Å². The van der Waals surface area contributed by atoms with Crippen molar-refractivity contribution in [1.29, 1.82) is 0 Å². The van der Waals surface area contributed by atoms with Gasteiger partial charge in [0.15, 0.2) is 0 Å². The zero-order chi connectivity index (χ0) is 9.84. The molecule has 0 aliphatic carbocycles. The van der Waals surface area contributed by atoms with Gasteiger partial charge in [-0.1, -0.05) is 20.8 Å². The first kappa shape index (κ1) is 10.3. The predicted molar refractivity (Wildman–Crippen MR) is 54.8 cm³/mol. The fourth-order valence-electron chi connectivity index (χ4n) is 1.61. The topological polar surface area (TPSA) is 54.7 Å². The Hall–Kier alpha value is -0.830. The van der Waals surface area contributed by atoms with Gasteiger partial charge in [-0.3, -0.25) is 5.10 Å². The Kier molecular flexibility index (Phi) is 3.48. The first-order valence-electron chi connectivity index (χ1n) is 4.96. The summed E-state index contributed by atoms with van der Waals surface area (Å²) in [6.07, 6.45) is 1.95. The van der Waals surface area contributed by atoms with Gasteiger partial charge in [0.25, 0.3) is 0 Å². The van der Waals surface area contributed by atoms with Crippen LogP contribution in [-0.2, 0) is 12.8 Å². The predicted octanol–water partition coefficient (Wildman–Crippen LogP) is 1.60. The molecule has 0 amide bonds. The molecule has 0 fully saturated rings. The number of hydrogen-bond acceptors (Lipinski definition) is 2. The van der Waals surface area contributed by atoms with Gasteiger partial charge >= 0.3 is 0 Å². The smallest absolute Gasteiger partial charge is 0.0682 e. The molecule has 3 nitrogen and oxygen atoms in total. The second kappa shape index (κ2) is 4.42. The SMILES string of the molecule is CCc1[nH]nc(C(C)C)c1CCN. The molecule has 1 aromatic heterocycles. The van der Waals surface area contributed by atoms with Crippen molar-refractivity contribution >= 4 is 0 Å². The standard InChI is InChI=1S/C10H19N3/c1-4-9-8(5-6-11)10(7(2)3)13-12-9/h7H,4-6,11H2,1-3H3,(H,12,13). The van der Waals surface area contributed by atoms with E-state index in [0.29, 0.717) is 12.5 Å². The lowest BCUT2D eigenvalue weighted by Crippen LogP contribution is -2.06. The van der Waals surface area contributed by atoms with Crippen LogP contribution in [0.1, 0.15) is 43.6 Å². The van der Waals surface area contributed by atoms with Crippen molar-refractivity contribution in [3.63, 3.8) is 0 Å². The molecule has 0 unspecified atom stereocenters. The lowest BCUT2D eigenvalue weighted by molar-refractivity contribution is 0.791. The maximum absolute atomic E-state index is 5.57. The van der Waals surface area contributed by atoms with Crippen molar-refractivity contribution in [3.8, 4) is 0 Å². The van der Waals surface area contributed by atoms with Gasteiger partial charge in [0.1, 0.15) is 0 Å². The molecule has 3 N–H and O–H groups in total. The number of nitrogens with zero attached hydrogens (tertiary/aromatic N) is 1. The molecule has 1 heterocycles. The third-order valence-electron chi connectivity index (χ3n) is 2.28. The molecule has 0 atom stereocenters. The van der Waals surface area contributed by atoms with Crippen molar-refractivity contribution in [1.82, 2.24) is 10.2 Å². The van der Waals surface area contributed by atoms with E-state index >= 15 is 0 Å². The summed E-state index contributed by atoms with van der Waals surface area (Å²) in [5.74, 6) is 0.484. The Bertz CT molecular complexity index is 263. The quantitative estimate of drug-likeness (QED) is 0.741. The van der Waals surface area contributed by atoms with Crippen molar-refractivity contribution in [3.05, 3.63) is 17.0 Å². The fourth-order valence-corrected chi connectivity index (χ4v) is 1.61. The summed E-state index contributed by atoms with van der Waals surface area (Å²) in [5.41, 5.74) is 9.33. The van der Waals surface area contributed by atoms with Crippen molar-refractivity contribution in [2.75, 3.05) is 6.54 Å². The molecule has 0 aliphatic heterocycles. The fraction of sp³-hybridized carbons (Fsp3) is 0.700. The molecular formula is C10H19N3. The second-order valence-corrected chi connectivity index (χ2v) is 3.61. The summed E-state index contributed by atoms with van der Waals surface area (Å²) >= 11 is 0. The summed E-state index contributed by atoms with van der Waals surface area (Å²) in [4.78, 5) is 0. The van der Waals surface area contributed by atoms with Crippen molar-refractivity contribution in [2.24, 2.45) is 5.73 Å². The summed E-state index contributed by atoms with van der Waals surface area (Å²) in [7, 11) is 0. The Morgan fingerprint density at radius 1 is 1.46 bits per heavy atom. The Balaban J connectivity index is 2.99. The highest BCUT2D eigenvalue weighted by Gasteiger charge is 2.13. The summed E-state index contributed by atoms with van der Waals surface area (Å²) < 4.78 is 0. The van der Waals surface area contributed by atoms with Crippen LogP contribution in [0.3, 0.4) is 0 Å². The van der Waals surface area contributed by atoms with Crippen LogP contribution in [0.5, 0.6) is 0 Å². The third kappa shape index (κ3) is 2.10. The molecule has 0 aliphatic rings.